The van der Waals surface area contributed by atoms with Crippen LogP contribution < -0.4 is 10.3 Å². The Morgan fingerprint density at radius 1 is 1.41 bits per heavy atom. The molecule has 4 rings (SSSR count). The van der Waals surface area contributed by atoms with Crippen molar-refractivity contribution < 1.29 is 24.8 Å². The lowest BCUT2D eigenvalue weighted by Gasteiger charge is -2.22. The summed E-state index contributed by atoms with van der Waals surface area (Å²) in [6, 6.07) is 1.95. The van der Waals surface area contributed by atoms with Gasteiger partial charge in [0, 0.05) is 42.9 Å². The minimum atomic E-state index is -0.808. The highest BCUT2D eigenvalue weighted by Crippen LogP contribution is 2.36. The third-order valence-electron chi connectivity index (χ3n) is 5.23. The molecule has 2 aliphatic heterocycles. The maximum Gasteiger partial charge on any atom is 0.302 e. The molecular formula is C18H23N3O6. The number of aromatic nitrogens is 3. The first-order valence-electron chi connectivity index (χ1n) is 9.01. The van der Waals surface area contributed by atoms with Crippen LogP contribution >= 0.6 is 0 Å². The first-order chi connectivity index (χ1) is 13.0. The van der Waals surface area contributed by atoms with E-state index in [0.29, 0.717) is 12.0 Å². The minimum Gasteiger partial charge on any atom is -0.455 e. The zero-order valence-electron chi connectivity index (χ0n) is 15.0. The van der Waals surface area contributed by atoms with Gasteiger partial charge < -0.3 is 29.4 Å². The van der Waals surface area contributed by atoms with Crippen molar-refractivity contribution in [2.24, 2.45) is 0 Å². The molecule has 0 radical (unpaired) electrons. The summed E-state index contributed by atoms with van der Waals surface area (Å²) in [5, 5.41) is 28.9. The Kier molecular flexibility index (Phi) is 4.77. The molecule has 4 heterocycles. The van der Waals surface area contributed by atoms with Gasteiger partial charge in [-0.25, -0.2) is 0 Å². The zero-order valence-corrected chi connectivity index (χ0v) is 15.0. The number of rotatable bonds is 5. The van der Waals surface area contributed by atoms with Crippen LogP contribution in [-0.4, -0.2) is 48.3 Å². The molecule has 0 aliphatic carbocycles. The Bertz CT molecular complexity index is 892. The maximum absolute atomic E-state index is 12.1. The molecule has 9 nitrogen and oxygen atoms in total. The number of fused-ring (bicyclic) bond motifs is 1. The van der Waals surface area contributed by atoms with Crippen molar-refractivity contribution in [3.63, 3.8) is 0 Å². The highest BCUT2D eigenvalue weighted by molar-refractivity contribution is 5.27. The highest BCUT2D eigenvalue weighted by atomic mass is 16.6. The fourth-order valence-corrected chi connectivity index (χ4v) is 3.78. The lowest BCUT2D eigenvalue weighted by Crippen LogP contribution is -2.25. The van der Waals surface area contributed by atoms with E-state index in [1.165, 1.54) is 0 Å². The molecule has 0 amide bonds. The molecule has 0 aromatic carbocycles. The van der Waals surface area contributed by atoms with E-state index in [1.807, 2.05) is 16.8 Å². The number of hydrogen-bond donors (Lipinski definition) is 3. The second-order valence-electron chi connectivity index (χ2n) is 7.01. The Morgan fingerprint density at radius 2 is 2.22 bits per heavy atom. The van der Waals surface area contributed by atoms with Crippen LogP contribution in [0.3, 0.4) is 0 Å². The average molecular weight is 377 g/mol. The number of aryl methyl sites for hydroxylation is 2. The lowest BCUT2D eigenvalue weighted by molar-refractivity contribution is -0.0485. The fraction of sp³-hybridized carbons (Fsp3) is 0.556. The van der Waals surface area contributed by atoms with Gasteiger partial charge in [0.2, 0.25) is 0 Å². The van der Waals surface area contributed by atoms with Crippen molar-refractivity contribution in [1.29, 1.82) is 0 Å². The molecular weight excluding hydrogens is 354 g/mol. The molecule has 4 atom stereocenters. The first-order valence-corrected chi connectivity index (χ1v) is 9.01. The van der Waals surface area contributed by atoms with Gasteiger partial charge in [0.05, 0.1) is 25.0 Å². The molecule has 0 unspecified atom stereocenters. The Morgan fingerprint density at radius 3 is 2.93 bits per heavy atom. The van der Waals surface area contributed by atoms with Gasteiger partial charge in [-0.15, -0.1) is 0 Å². The average Bonchev–Trinajstić information content (AvgIpc) is 3.33. The number of ether oxygens (including phenoxy) is 2. The predicted octanol–water partition coefficient (Wildman–Crippen LogP) is 0.0100. The second-order valence-corrected chi connectivity index (χ2v) is 7.01. The van der Waals surface area contributed by atoms with Gasteiger partial charge in [0.15, 0.2) is 0 Å². The Labute approximate surface area is 155 Å². The maximum atomic E-state index is 12.1. The fourth-order valence-electron chi connectivity index (χ4n) is 3.78. The van der Waals surface area contributed by atoms with Gasteiger partial charge in [0.25, 0.3) is 5.56 Å². The molecule has 1 saturated heterocycles. The summed E-state index contributed by atoms with van der Waals surface area (Å²) < 4.78 is 15.4. The lowest BCUT2D eigenvalue weighted by atomic mass is 10.1. The van der Waals surface area contributed by atoms with E-state index in [2.05, 4.69) is 4.98 Å². The molecule has 9 heteroatoms. The van der Waals surface area contributed by atoms with Crippen LogP contribution in [0.1, 0.15) is 42.0 Å². The standard InChI is InChI=1S/C18H23N3O6/c1-10-7-21(15-6-12(24)14(9-23)26-15)18(19-17(10)25)27-13-3-5-20-4-2-11(8-22)16(13)20/h2,4,7,12-15,22-24H,3,5-6,8-9H2,1H3/t12-,13-,14+,15+/m0/s1. The van der Waals surface area contributed by atoms with Gasteiger partial charge in [0.1, 0.15) is 18.4 Å². The number of aliphatic hydroxyl groups is 3. The van der Waals surface area contributed by atoms with E-state index in [9.17, 15) is 20.1 Å². The number of nitrogens with zero attached hydrogens (tertiary/aromatic N) is 3. The van der Waals surface area contributed by atoms with Crippen LogP contribution in [0, 0.1) is 6.92 Å². The van der Waals surface area contributed by atoms with Gasteiger partial charge in [-0.05, 0) is 13.0 Å². The predicted molar refractivity (Wildman–Crippen MR) is 93.2 cm³/mol. The van der Waals surface area contributed by atoms with E-state index in [1.54, 1.807) is 17.7 Å². The summed E-state index contributed by atoms with van der Waals surface area (Å²) >= 11 is 0. The van der Waals surface area contributed by atoms with Crippen LogP contribution in [0.5, 0.6) is 6.01 Å². The first kappa shape index (κ1) is 18.2. The summed E-state index contributed by atoms with van der Waals surface area (Å²) in [5.74, 6) is 0. The van der Waals surface area contributed by atoms with Gasteiger partial charge >= 0.3 is 6.01 Å². The van der Waals surface area contributed by atoms with E-state index in [0.717, 1.165) is 17.8 Å². The smallest absolute Gasteiger partial charge is 0.302 e. The molecule has 146 valence electrons. The van der Waals surface area contributed by atoms with Gasteiger partial charge in [-0.2, -0.15) is 4.98 Å². The molecule has 0 spiro atoms. The van der Waals surface area contributed by atoms with Crippen molar-refractivity contribution in [2.75, 3.05) is 6.61 Å². The second kappa shape index (κ2) is 7.08. The molecule has 27 heavy (non-hydrogen) atoms. The van der Waals surface area contributed by atoms with Gasteiger partial charge in [-0.1, -0.05) is 0 Å². The summed E-state index contributed by atoms with van der Waals surface area (Å²) in [6.45, 7) is 2.01. The quantitative estimate of drug-likeness (QED) is 0.671. The number of hydrogen-bond acceptors (Lipinski definition) is 7. The minimum absolute atomic E-state index is 0.0908. The normalized spacial score (nSPS) is 27.1. The van der Waals surface area contributed by atoms with Crippen molar-refractivity contribution in [3.05, 3.63) is 45.6 Å². The summed E-state index contributed by atoms with van der Waals surface area (Å²) in [5.41, 5.74) is 1.69. The highest BCUT2D eigenvalue weighted by Gasteiger charge is 2.36. The van der Waals surface area contributed by atoms with E-state index in [4.69, 9.17) is 9.47 Å². The topological polar surface area (TPSA) is 119 Å². The Hall–Kier alpha value is -2.20. The van der Waals surface area contributed by atoms with Crippen molar-refractivity contribution in [2.45, 2.75) is 57.5 Å². The molecule has 2 aliphatic rings. The van der Waals surface area contributed by atoms with E-state index >= 15 is 0 Å². The van der Waals surface area contributed by atoms with E-state index in [-0.39, 0.29) is 31.7 Å². The molecule has 0 saturated carbocycles. The monoisotopic (exact) mass is 377 g/mol. The molecule has 3 N–H and O–H groups in total. The van der Waals surface area contributed by atoms with E-state index < -0.39 is 24.0 Å². The van der Waals surface area contributed by atoms with Crippen molar-refractivity contribution in [3.8, 4) is 6.01 Å². The Balaban J connectivity index is 1.67. The third kappa shape index (κ3) is 3.16. The van der Waals surface area contributed by atoms with Crippen LogP contribution in [0.4, 0.5) is 0 Å². The van der Waals surface area contributed by atoms with Crippen molar-refractivity contribution >= 4 is 0 Å². The SMILES string of the molecule is Cc1cn([C@H]2C[C@H](O)[C@@H](CO)O2)c(O[C@H]2CCn3ccc(CO)c32)nc1=O. The molecule has 2 aromatic rings. The van der Waals surface area contributed by atoms with Crippen LogP contribution in [0.15, 0.2) is 23.3 Å². The van der Waals surface area contributed by atoms with Gasteiger partial charge in [-0.3, -0.25) is 9.36 Å². The molecule has 0 bridgehead atoms. The van der Waals surface area contributed by atoms with Crippen LogP contribution in [-0.2, 0) is 17.9 Å². The summed E-state index contributed by atoms with van der Waals surface area (Å²) in [6.07, 6.45) is 2.02. The van der Waals surface area contributed by atoms with Crippen LogP contribution in [0.2, 0.25) is 0 Å². The third-order valence-corrected chi connectivity index (χ3v) is 5.23. The molecule has 1 fully saturated rings. The van der Waals surface area contributed by atoms with Crippen LogP contribution in [0.25, 0.3) is 0 Å². The largest absolute Gasteiger partial charge is 0.455 e. The number of aliphatic hydroxyl groups excluding tert-OH is 3. The zero-order chi connectivity index (χ0) is 19.1. The summed E-state index contributed by atoms with van der Waals surface area (Å²) in [7, 11) is 0. The summed E-state index contributed by atoms with van der Waals surface area (Å²) in [4.78, 5) is 16.2. The molecule has 2 aromatic heterocycles. The van der Waals surface area contributed by atoms with Crippen molar-refractivity contribution in [1.82, 2.24) is 14.1 Å².